The number of carboxylic acids is 1. The third kappa shape index (κ3) is 7.63. The molecule has 3 N–H and O–H groups in total. The maximum Gasteiger partial charge on any atom is 0.339 e. The summed E-state index contributed by atoms with van der Waals surface area (Å²) in [4.78, 5) is 11.7. The number of carboxylic acid groups (broad SMARTS) is 1. The molecular formula is C24H34O4. The van der Waals surface area contributed by atoms with Crippen LogP contribution in [-0.2, 0) is 12.8 Å². The lowest BCUT2D eigenvalue weighted by Gasteiger charge is -2.14. The molecule has 0 heterocycles. The van der Waals surface area contributed by atoms with E-state index in [1.54, 1.807) is 0 Å². The summed E-state index contributed by atoms with van der Waals surface area (Å²) in [6.07, 6.45) is 12.3. The molecular weight excluding hydrogens is 352 g/mol. The van der Waals surface area contributed by atoms with Crippen LogP contribution >= 0.6 is 0 Å². The van der Waals surface area contributed by atoms with Crippen LogP contribution in [0.1, 0.15) is 80.8 Å². The van der Waals surface area contributed by atoms with Crippen LogP contribution in [0.2, 0.25) is 0 Å². The van der Waals surface area contributed by atoms with E-state index in [1.807, 2.05) is 19.1 Å². The molecule has 0 aliphatic carbocycles. The zero-order valence-electron chi connectivity index (χ0n) is 17.4. The Balaban J connectivity index is 2.96. The van der Waals surface area contributed by atoms with Crippen molar-refractivity contribution in [3.63, 3.8) is 0 Å². The van der Waals surface area contributed by atoms with E-state index in [0.29, 0.717) is 18.4 Å². The Bertz CT molecular complexity index is 737. The lowest BCUT2D eigenvalue weighted by Crippen LogP contribution is -2.05. The van der Waals surface area contributed by atoms with Crippen LogP contribution in [0.15, 0.2) is 42.0 Å². The second kappa shape index (κ2) is 12.1. The van der Waals surface area contributed by atoms with Crippen molar-refractivity contribution in [3.8, 4) is 11.5 Å². The average molecular weight is 387 g/mol. The molecule has 0 atom stereocenters. The molecule has 4 nitrogen and oxygen atoms in total. The molecule has 0 aliphatic rings. The van der Waals surface area contributed by atoms with Gasteiger partial charge in [-0.25, -0.2) is 4.79 Å². The highest BCUT2D eigenvalue weighted by atomic mass is 16.4. The smallest absolute Gasteiger partial charge is 0.339 e. The molecule has 0 fully saturated rings. The van der Waals surface area contributed by atoms with Crippen molar-refractivity contribution in [2.45, 2.75) is 72.1 Å². The number of phenolic OH excluding ortho intramolecular Hbond substituents is 1. The molecule has 0 bridgehead atoms. The van der Waals surface area contributed by atoms with Crippen molar-refractivity contribution in [2.75, 3.05) is 0 Å². The molecule has 0 unspecified atom stereocenters. The van der Waals surface area contributed by atoms with Gasteiger partial charge in [0.2, 0.25) is 0 Å². The Morgan fingerprint density at radius 2 is 1.79 bits per heavy atom. The van der Waals surface area contributed by atoms with Crippen LogP contribution in [0, 0.1) is 0 Å². The molecule has 0 saturated carbocycles. The first-order valence-electron chi connectivity index (χ1n) is 9.97. The number of hydrogen-bond acceptors (Lipinski definition) is 3. The molecule has 0 saturated heterocycles. The second-order valence-electron chi connectivity index (χ2n) is 7.52. The summed E-state index contributed by atoms with van der Waals surface area (Å²) >= 11 is 0. The summed E-state index contributed by atoms with van der Waals surface area (Å²) in [6, 6.07) is 1.50. The number of rotatable bonds is 12. The van der Waals surface area contributed by atoms with Crippen LogP contribution in [0.4, 0.5) is 0 Å². The lowest BCUT2D eigenvalue weighted by atomic mass is 9.94. The summed E-state index contributed by atoms with van der Waals surface area (Å²) < 4.78 is 0. The van der Waals surface area contributed by atoms with Gasteiger partial charge in [0.15, 0.2) is 0 Å². The van der Waals surface area contributed by atoms with Crippen molar-refractivity contribution in [1.82, 2.24) is 0 Å². The summed E-state index contributed by atoms with van der Waals surface area (Å²) in [7, 11) is 0. The van der Waals surface area contributed by atoms with Gasteiger partial charge in [-0.15, -0.1) is 6.58 Å². The van der Waals surface area contributed by atoms with E-state index in [2.05, 4.69) is 26.5 Å². The molecule has 0 amide bonds. The van der Waals surface area contributed by atoms with Crippen molar-refractivity contribution in [3.05, 3.63) is 58.7 Å². The van der Waals surface area contributed by atoms with E-state index >= 15 is 0 Å². The minimum atomic E-state index is -1.16. The fourth-order valence-corrected chi connectivity index (χ4v) is 3.13. The van der Waals surface area contributed by atoms with Gasteiger partial charge < -0.3 is 15.3 Å². The highest BCUT2D eigenvalue weighted by Gasteiger charge is 2.21. The topological polar surface area (TPSA) is 77.8 Å². The van der Waals surface area contributed by atoms with Gasteiger partial charge in [0.1, 0.15) is 17.1 Å². The Morgan fingerprint density at radius 1 is 1.07 bits per heavy atom. The normalized spacial score (nSPS) is 11.3. The number of carbonyl (C=O) groups is 1. The van der Waals surface area contributed by atoms with E-state index in [9.17, 15) is 20.1 Å². The Kier molecular flexibility index (Phi) is 10.1. The number of allylic oxidation sites excluding steroid dienone is 5. The van der Waals surface area contributed by atoms with Crippen molar-refractivity contribution < 1.29 is 20.1 Å². The lowest BCUT2D eigenvalue weighted by molar-refractivity contribution is 0.0692. The summed E-state index contributed by atoms with van der Waals surface area (Å²) in [5.74, 6) is -1.53. The van der Waals surface area contributed by atoms with E-state index in [1.165, 1.54) is 11.6 Å². The number of unbranched alkanes of at least 4 members (excludes halogenated alkanes) is 3. The fourth-order valence-electron chi connectivity index (χ4n) is 3.13. The third-order valence-corrected chi connectivity index (χ3v) is 4.78. The van der Waals surface area contributed by atoms with Gasteiger partial charge in [0.25, 0.3) is 0 Å². The largest absolute Gasteiger partial charge is 0.508 e. The first kappa shape index (κ1) is 23.5. The third-order valence-electron chi connectivity index (χ3n) is 4.78. The van der Waals surface area contributed by atoms with Crippen LogP contribution in [0.3, 0.4) is 0 Å². The molecule has 0 radical (unpaired) electrons. The van der Waals surface area contributed by atoms with Crippen molar-refractivity contribution in [1.29, 1.82) is 0 Å². The number of hydrogen-bond donors (Lipinski definition) is 3. The van der Waals surface area contributed by atoms with Gasteiger partial charge >= 0.3 is 5.97 Å². The molecule has 1 aromatic rings. The van der Waals surface area contributed by atoms with Gasteiger partial charge in [0.05, 0.1) is 0 Å². The highest BCUT2D eigenvalue weighted by Crippen LogP contribution is 2.35. The maximum absolute atomic E-state index is 11.7. The maximum atomic E-state index is 11.7. The molecule has 4 heteroatoms. The highest BCUT2D eigenvalue weighted by molar-refractivity contribution is 5.93. The Hall–Kier alpha value is -2.49. The molecule has 0 aromatic heterocycles. The summed E-state index contributed by atoms with van der Waals surface area (Å²) in [5.41, 5.74) is 3.07. The van der Waals surface area contributed by atoms with Crippen molar-refractivity contribution >= 4 is 5.97 Å². The van der Waals surface area contributed by atoms with Crippen LogP contribution in [-0.4, -0.2) is 21.3 Å². The van der Waals surface area contributed by atoms with Crippen molar-refractivity contribution in [2.24, 2.45) is 0 Å². The molecule has 0 spiro atoms. The predicted octanol–water partition coefficient (Wildman–Crippen LogP) is 6.32. The first-order valence-corrected chi connectivity index (χ1v) is 9.97. The zero-order valence-corrected chi connectivity index (χ0v) is 17.4. The van der Waals surface area contributed by atoms with E-state index in [0.717, 1.165) is 44.1 Å². The Labute approximate surface area is 168 Å². The van der Waals surface area contributed by atoms with Gasteiger partial charge in [0, 0.05) is 5.56 Å². The molecule has 1 rings (SSSR count). The molecule has 1 aromatic carbocycles. The minimum Gasteiger partial charge on any atom is -0.508 e. The Morgan fingerprint density at radius 3 is 2.39 bits per heavy atom. The first-order chi connectivity index (χ1) is 13.3. The van der Waals surface area contributed by atoms with Gasteiger partial charge in [-0.05, 0) is 77.3 Å². The average Bonchev–Trinajstić information content (AvgIpc) is 2.60. The SMILES string of the molecule is C=CCCCCCc1cc(O)c(C/C=C(\C)CCC=C(C)C)c(O)c1C(=O)O. The van der Waals surface area contributed by atoms with Crippen LogP contribution < -0.4 is 0 Å². The zero-order chi connectivity index (χ0) is 21.1. The van der Waals surface area contributed by atoms with E-state index in [4.69, 9.17) is 0 Å². The number of aromatic carboxylic acids is 1. The fraction of sp³-hybridized carbons (Fsp3) is 0.458. The summed E-state index contributed by atoms with van der Waals surface area (Å²) in [5, 5.41) is 30.5. The summed E-state index contributed by atoms with van der Waals surface area (Å²) in [6.45, 7) is 9.81. The van der Waals surface area contributed by atoms with Crippen LogP contribution in [0.5, 0.6) is 11.5 Å². The minimum absolute atomic E-state index is 0.0445. The molecule has 0 aliphatic heterocycles. The van der Waals surface area contributed by atoms with Gasteiger partial charge in [-0.1, -0.05) is 35.8 Å². The van der Waals surface area contributed by atoms with Crippen LogP contribution in [0.25, 0.3) is 0 Å². The monoisotopic (exact) mass is 386 g/mol. The number of aromatic hydroxyl groups is 2. The van der Waals surface area contributed by atoms with Gasteiger partial charge in [-0.2, -0.15) is 0 Å². The molecule has 28 heavy (non-hydrogen) atoms. The van der Waals surface area contributed by atoms with Gasteiger partial charge in [-0.3, -0.25) is 0 Å². The number of benzene rings is 1. The second-order valence-corrected chi connectivity index (χ2v) is 7.52. The number of aryl methyl sites for hydroxylation is 1. The standard InChI is InChI=1S/C24H34O4/c1-5-6-7-8-9-13-19-16-21(25)20(23(26)22(19)24(27)28)15-14-18(4)12-10-11-17(2)3/h5,11,14,16,25-26H,1,6-10,12-13,15H2,2-4H3,(H,27,28)/b18-14+. The number of phenols is 2. The quantitative estimate of drug-likeness (QED) is 0.290. The van der Waals surface area contributed by atoms with E-state index < -0.39 is 5.97 Å². The predicted molar refractivity (Wildman–Crippen MR) is 115 cm³/mol. The molecule has 154 valence electrons. The van der Waals surface area contributed by atoms with E-state index in [-0.39, 0.29) is 22.6 Å².